The van der Waals surface area contributed by atoms with Crippen molar-refractivity contribution in [2.45, 2.75) is 26.7 Å². The molecule has 0 unspecified atom stereocenters. The molecule has 0 fully saturated rings. The summed E-state index contributed by atoms with van der Waals surface area (Å²) >= 11 is 3.48. The molecule has 1 N–H and O–H groups in total. The molecular weight excluding hydrogens is 266 g/mol. The molecule has 1 heterocycles. The number of H-pyrrole nitrogens is 1. The third-order valence-corrected chi connectivity index (χ3v) is 3.38. The van der Waals surface area contributed by atoms with E-state index < -0.39 is 0 Å². The smallest absolute Gasteiger partial charge is 0.189 e. The van der Waals surface area contributed by atoms with Crippen molar-refractivity contribution >= 4 is 26.8 Å². The number of fused-ring (bicyclic) bond motifs is 1. The van der Waals surface area contributed by atoms with Crippen LogP contribution in [0.4, 0.5) is 0 Å². The number of halogens is 1. The minimum atomic E-state index is 0.107. The van der Waals surface area contributed by atoms with Crippen LogP contribution in [-0.4, -0.2) is 4.98 Å². The summed E-state index contributed by atoms with van der Waals surface area (Å²) in [4.78, 5) is 15.3. The maximum absolute atomic E-state index is 12.0. The van der Waals surface area contributed by atoms with Crippen molar-refractivity contribution < 1.29 is 0 Å². The summed E-state index contributed by atoms with van der Waals surface area (Å²) in [5.41, 5.74) is 3.04. The summed E-state index contributed by atoms with van der Waals surface area (Å²) in [5, 5.41) is 0.786. The van der Waals surface area contributed by atoms with Crippen LogP contribution >= 0.6 is 15.9 Å². The molecule has 16 heavy (non-hydrogen) atoms. The van der Waals surface area contributed by atoms with Gasteiger partial charge in [-0.1, -0.05) is 19.4 Å². The minimum absolute atomic E-state index is 0.107. The lowest BCUT2D eigenvalue weighted by molar-refractivity contribution is 0.888. The first kappa shape index (κ1) is 11.4. The molecule has 2 aromatic rings. The van der Waals surface area contributed by atoms with Gasteiger partial charge in [0.25, 0.3) is 0 Å². The Balaban J connectivity index is 2.81. The molecule has 3 heteroatoms. The second-order valence-corrected chi connectivity index (χ2v) is 4.88. The molecular formula is C13H14BrNO. The maximum atomic E-state index is 12.0. The van der Waals surface area contributed by atoms with Crippen LogP contribution in [0.15, 0.2) is 27.5 Å². The van der Waals surface area contributed by atoms with Gasteiger partial charge in [0.15, 0.2) is 5.43 Å². The van der Waals surface area contributed by atoms with Crippen LogP contribution in [0.2, 0.25) is 0 Å². The molecule has 2 nitrogen and oxygen atoms in total. The van der Waals surface area contributed by atoms with E-state index in [-0.39, 0.29) is 5.43 Å². The average molecular weight is 280 g/mol. The number of benzene rings is 1. The van der Waals surface area contributed by atoms with Crippen LogP contribution < -0.4 is 5.43 Å². The second kappa shape index (κ2) is 4.42. The Bertz CT molecular complexity index is 586. The normalized spacial score (nSPS) is 10.9. The lowest BCUT2D eigenvalue weighted by Gasteiger charge is -2.07. The molecule has 0 radical (unpaired) electrons. The predicted octanol–water partition coefficient (Wildman–Crippen LogP) is 3.55. The molecule has 2 rings (SSSR count). The molecule has 0 aliphatic rings. The highest BCUT2D eigenvalue weighted by molar-refractivity contribution is 9.10. The Hall–Kier alpha value is -1.09. The minimum Gasteiger partial charge on any atom is -0.357 e. The van der Waals surface area contributed by atoms with Gasteiger partial charge in [0.05, 0.1) is 5.52 Å². The Labute approximate surface area is 103 Å². The summed E-state index contributed by atoms with van der Waals surface area (Å²) in [6.45, 7) is 4.07. The Morgan fingerprint density at radius 2 is 2.12 bits per heavy atom. The van der Waals surface area contributed by atoms with Crippen molar-refractivity contribution in [2.75, 3.05) is 0 Å². The van der Waals surface area contributed by atoms with E-state index in [1.165, 1.54) is 0 Å². The van der Waals surface area contributed by atoms with Gasteiger partial charge in [-0.15, -0.1) is 0 Å². The van der Waals surface area contributed by atoms with E-state index in [0.29, 0.717) is 0 Å². The lowest BCUT2D eigenvalue weighted by atomic mass is 10.1. The molecule has 0 aliphatic carbocycles. The van der Waals surface area contributed by atoms with Crippen LogP contribution in [-0.2, 0) is 6.42 Å². The first-order chi connectivity index (χ1) is 7.63. The first-order valence-electron chi connectivity index (χ1n) is 5.44. The van der Waals surface area contributed by atoms with Gasteiger partial charge in [0.2, 0.25) is 0 Å². The van der Waals surface area contributed by atoms with Crippen molar-refractivity contribution in [2.24, 2.45) is 0 Å². The van der Waals surface area contributed by atoms with E-state index in [1.807, 2.05) is 19.1 Å². The third kappa shape index (κ3) is 1.92. The Morgan fingerprint density at radius 3 is 2.81 bits per heavy atom. The summed E-state index contributed by atoms with van der Waals surface area (Å²) < 4.78 is 0.947. The molecule has 0 atom stereocenters. The number of pyridine rings is 1. The standard InChI is InChI=1S/C13H14BrNO/c1-3-4-9-7-11(16)12-8(2)5-6-10(14)13(12)15-9/h5-7H,3-4H2,1-2H3,(H,15,16). The molecule has 0 saturated heterocycles. The zero-order valence-corrected chi connectivity index (χ0v) is 11.0. The van der Waals surface area contributed by atoms with E-state index in [1.54, 1.807) is 6.07 Å². The van der Waals surface area contributed by atoms with Gasteiger partial charge in [0, 0.05) is 21.6 Å². The molecule has 1 aromatic heterocycles. The summed E-state index contributed by atoms with van der Waals surface area (Å²) in [6, 6.07) is 5.65. The SMILES string of the molecule is CCCc1cc(=O)c2c(C)ccc(Br)c2[nH]1. The van der Waals surface area contributed by atoms with Crippen LogP contribution in [0.3, 0.4) is 0 Å². The molecule has 0 amide bonds. The topological polar surface area (TPSA) is 32.9 Å². The summed E-state index contributed by atoms with van der Waals surface area (Å²) in [6.07, 6.45) is 1.94. The monoisotopic (exact) mass is 279 g/mol. The van der Waals surface area contributed by atoms with Crippen LogP contribution in [0, 0.1) is 6.92 Å². The number of rotatable bonds is 2. The predicted molar refractivity (Wildman–Crippen MR) is 71.0 cm³/mol. The van der Waals surface area contributed by atoms with Crippen molar-refractivity contribution in [1.82, 2.24) is 4.98 Å². The average Bonchev–Trinajstić information content (AvgIpc) is 2.23. The maximum Gasteiger partial charge on any atom is 0.189 e. The molecule has 0 spiro atoms. The van der Waals surface area contributed by atoms with E-state index in [9.17, 15) is 4.79 Å². The molecule has 0 saturated carbocycles. The highest BCUT2D eigenvalue weighted by Gasteiger charge is 2.07. The van der Waals surface area contributed by atoms with Crippen LogP contribution in [0.5, 0.6) is 0 Å². The fourth-order valence-corrected chi connectivity index (χ4v) is 2.38. The van der Waals surface area contributed by atoms with Gasteiger partial charge in [0.1, 0.15) is 0 Å². The van der Waals surface area contributed by atoms with Gasteiger partial charge < -0.3 is 4.98 Å². The Kier molecular flexibility index (Phi) is 3.15. The van der Waals surface area contributed by atoms with Gasteiger partial charge in [-0.05, 0) is 40.9 Å². The quantitative estimate of drug-likeness (QED) is 0.896. The molecule has 84 valence electrons. The molecule has 1 aromatic carbocycles. The lowest BCUT2D eigenvalue weighted by Crippen LogP contribution is -2.07. The van der Waals surface area contributed by atoms with E-state index in [0.717, 1.165) is 39.5 Å². The van der Waals surface area contributed by atoms with Gasteiger partial charge in [-0.3, -0.25) is 4.79 Å². The summed E-state index contributed by atoms with van der Waals surface area (Å²) in [5.74, 6) is 0. The summed E-state index contributed by atoms with van der Waals surface area (Å²) in [7, 11) is 0. The number of aryl methyl sites for hydroxylation is 2. The van der Waals surface area contributed by atoms with Crippen molar-refractivity contribution in [1.29, 1.82) is 0 Å². The number of hydrogen-bond donors (Lipinski definition) is 1. The van der Waals surface area contributed by atoms with E-state index in [4.69, 9.17) is 0 Å². The van der Waals surface area contributed by atoms with Gasteiger partial charge >= 0.3 is 0 Å². The first-order valence-corrected chi connectivity index (χ1v) is 6.23. The third-order valence-electron chi connectivity index (χ3n) is 2.72. The van der Waals surface area contributed by atoms with Gasteiger partial charge in [-0.25, -0.2) is 0 Å². The number of hydrogen-bond acceptors (Lipinski definition) is 1. The highest BCUT2D eigenvalue weighted by atomic mass is 79.9. The van der Waals surface area contributed by atoms with Crippen LogP contribution in [0.1, 0.15) is 24.6 Å². The van der Waals surface area contributed by atoms with E-state index in [2.05, 4.69) is 27.8 Å². The number of aromatic nitrogens is 1. The largest absolute Gasteiger partial charge is 0.357 e. The van der Waals surface area contributed by atoms with Crippen LogP contribution in [0.25, 0.3) is 10.9 Å². The second-order valence-electron chi connectivity index (χ2n) is 4.02. The van der Waals surface area contributed by atoms with Crippen molar-refractivity contribution in [3.05, 3.63) is 44.2 Å². The molecule has 0 aliphatic heterocycles. The van der Waals surface area contributed by atoms with Crippen molar-refractivity contribution in [3.63, 3.8) is 0 Å². The fraction of sp³-hybridized carbons (Fsp3) is 0.308. The number of aromatic amines is 1. The zero-order valence-electron chi connectivity index (χ0n) is 9.43. The van der Waals surface area contributed by atoms with Gasteiger partial charge in [-0.2, -0.15) is 0 Å². The Morgan fingerprint density at radius 1 is 1.38 bits per heavy atom. The fourth-order valence-electron chi connectivity index (χ4n) is 1.95. The highest BCUT2D eigenvalue weighted by Crippen LogP contribution is 2.22. The molecule has 0 bridgehead atoms. The van der Waals surface area contributed by atoms with E-state index >= 15 is 0 Å². The zero-order chi connectivity index (χ0) is 11.7. The van der Waals surface area contributed by atoms with Crippen molar-refractivity contribution in [3.8, 4) is 0 Å². The number of nitrogens with one attached hydrogen (secondary N) is 1.